The zero-order valence-corrected chi connectivity index (χ0v) is 22.8. The van der Waals surface area contributed by atoms with Gasteiger partial charge in [-0.2, -0.15) is 5.26 Å². The van der Waals surface area contributed by atoms with Gasteiger partial charge in [-0.3, -0.25) is 13.9 Å². The van der Waals surface area contributed by atoms with Crippen molar-refractivity contribution >= 4 is 33.8 Å². The smallest absolute Gasteiger partial charge is 0.251 e. The number of ether oxygens (including phenoxy) is 1. The maximum atomic E-state index is 12.0. The first-order valence-corrected chi connectivity index (χ1v) is 14.8. The Balaban J connectivity index is 1.28. The van der Waals surface area contributed by atoms with Gasteiger partial charge in [-0.25, -0.2) is 4.98 Å². The number of hydrogen-bond donors (Lipinski definition) is 2. The number of nitrogens with one attached hydrogen (secondary N) is 1. The summed E-state index contributed by atoms with van der Waals surface area (Å²) in [5.41, 5.74) is 4.07. The number of aliphatic hydroxyl groups excluding tert-OH is 1. The molecule has 0 saturated carbocycles. The van der Waals surface area contributed by atoms with Crippen LogP contribution in [0.5, 0.6) is 5.75 Å². The number of piperidine rings is 1. The van der Waals surface area contributed by atoms with Crippen molar-refractivity contribution in [3.05, 3.63) is 53.9 Å². The lowest BCUT2D eigenvalue weighted by Gasteiger charge is -2.33. The number of nitriles is 1. The zero-order chi connectivity index (χ0) is 27.4. The van der Waals surface area contributed by atoms with Crippen LogP contribution in [0.15, 0.2) is 42.7 Å². The Kier molecular flexibility index (Phi) is 8.41. The maximum Gasteiger partial charge on any atom is 0.251 e. The van der Waals surface area contributed by atoms with Gasteiger partial charge in [0.15, 0.2) is 0 Å². The molecule has 9 nitrogen and oxygen atoms in total. The summed E-state index contributed by atoms with van der Waals surface area (Å²) in [5, 5.41) is 20.4. The molecular weight excluding hydrogens is 514 g/mol. The van der Waals surface area contributed by atoms with Crippen molar-refractivity contribution < 1.29 is 18.8 Å². The molecule has 2 aliphatic rings. The van der Waals surface area contributed by atoms with E-state index in [1.807, 2.05) is 30.6 Å². The first-order valence-electron chi connectivity index (χ1n) is 13.3. The third-order valence-corrected chi connectivity index (χ3v) is 8.59. The van der Waals surface area contributed by atoms with Gasteiger partial charge in [0, 0.05) is 91.2 Å². The van der Waals surface area contributed by atoms with Crippen LogP contribution < -0.4 is 4.74 Å². The van der Waals surface area contributed by atoms with Gasteiger partial charge in [-0.1, -0.05) is 18.2 Å². The minimum Gasteiger partial charge on any atom is -0.489 e. The molecule has 5 rings (SSSR count). The molecule has 2 aliphatic heterocycles. The average molecular weight is 548 g/mol. The molecule has 2 fully saturated rings. The maximum absolute atomic E-state index is 12.0. The highest BCUT2D eigenvalue weighted by Crippen LogP contribution is 2.33. The number of hydrogen-bond acceptors (Lipinski definition) is 7. The van der Waals surface area contributed by atoms with Gasteiger partial charge in [0.05, 0.1) is 5.56 Å². The molecule has 1 amide bonds. The summed E-state index contributed by atoms with van der Waals surface area (Å²) in [7, 11) is -0.673. The van der Waals surface area contributed by atoms with E-state index in [4.69, 9.17) is 4.74 Å². The van der Waals surface area contributed by atoms with Crippen LogP contribution in [0.25, 0.3) is 28.2 Å². The molecule has 0 spiro atoms. The van der Waals surface area contributed by atoms with E-state index in [1.54, 1.807) is 4.90 Å². The Morgan fingerprint density at radius 2 is 2.05 bits per heavy atom. The molecule has 4 heterocycles. The van der Waals surface area contributed by atoms with E-state index in [-0.39, 0.29) is 12.0 Å². The van der Waals surface area contributed by atoms with Gasteiger partial charge in [-0.05, 0) is 36.2 Å². The minimum atomic E-state index is -0.999. The lowest BCUT2D eigenvalue weighted by molar-refractivity contribution is -0.141. The number of carbonyl (C=O) groups is 1. The molecule has 2 aromatic heterocycles. The van der Waals surface area contributed by atoms with Gasteiger partial charge >= 0.3 is 0 Å². The lowest BCUT2D eigenvalue weighted by Crippen LogP contribution is -2.45. The zero-order valence-electron chi connectivity index (χ0n) is 22.0. The normalized spacial score (nSPS) is 18.4. The number of rotatable bonds is 7. The molecule has 0 aliphatic carbocycles. The Bertz CT molecular complexity index is 1430. The molecule has 204 valence electrons. The number of nitrogens with zero attached hydrogens (tertiary/aromatic N) is 4. The second kappa shape index (κ2) is 12.1. The predicted octanol–water partition coefficient (Wildman–Crippen LogP) is 2.93. The molecule has 0 radical (unpaired) electrons. The van der Waals surface area contributed by atoms with Crippen molar-refractivity contribution in [3.8, 4) is 22.9 Å². The third kappa shape index (κ3) is 6.38. The fourth-order valence-corrected chi connectivity index (χ4v) is 6.20. The molecule has 1 atom stereocenters. The van der Waals surface area contributed by atoms with Gasteiger partial charge in [0.1, 0.15) is 29.7 Å². The number of fused-ring (bicyclic) bond motifs is 1. The topological polar surface area (TPSA) is 123 Å². The predicted molar refractivity (Wildman–Crippen MR) is 152 cm³/mol. The highest BCUT2D eigenvalue weighted by molar-refractivity contribution is 7.85. The van der Waals surface area contributed by atoms with Crippen LogP contribution in [0.3, 0.4) is 0 Å². The number of likely N-dealkylation sites (tertiary alicyclic amines) is 1. The highest BCUT2D eigenvalue weighted by atomic mass is 32.2. The Morgan fingerprint density at radius 1 is 1.28 bits per heavy atom. The van der Waals surface area contributed by atoms with Crippen LogP contribution in [0, 0.1) is 11.3 Å². The number of aliphatic hydroxyl groups is 1. The van der Waals surface area contributed by atoms with Crippen molar-refractivity contribution in [2.24, 2.45) is 0 Å². The number of pyridine rings is 1. The molecule has 39 heavy (non-hydrogen) atoms. The highest BCUT2D eigenvalue weighted by Gasteiger charge is 2.26. The molecule has 1 aromatic carbocycles. The fourth-order valence-electron chi connectivity index (χ4n) is 5.07. The number of amides is 1. The molecule has 10 heteroatoms. The van der Waals surface area contributed by atoms with Gasteiger partial charge in [0.25, 0.3) is 5.91 Å². The van der Waals surface area contributed by atoms with Crippen molar-refractivity contribution in [2.45, 2.75) is 32.0 Å². The second-order valence-corrected chi connectivity index (χ2v) is 11.8. The summed E-state index contributed by atoms with van der Waals surface area (Å²) >= 11 is 0. The van der Waals surface area contributed by atoms with Crippen molar-refractivity contribution in [1.82, 2.24) is 19.8 Å². The average Bonchev–Trinajstić information content (AvgIpc) is 3.37. The molecule has 0 bridgehead atoms. The Hall–Kier alpha value is -3.52. The summed E-state index contributed by atoms with van der Waals surface area (Å²) < 4.78 is 17.7. The van der Waals surface area contributed by atoms with Crippen molar-refractivity contribution in [3.63, 3.8) is 0 Å². The van der Waals surface area contributed by atoms with E-state index in [9.17, 15) is 19.4 Å². The van der Waals surface area contributed by atoms with E-state index in [0.29, 0.717) is 37.2 Å². The Labute approximate surface area is 230 Å². The monoisotopic (exact) mass is 547 g/mol. The quantitative estimate of drug-likeness (QED) is 0.466. The number of benzene rings is 1. The van der Waals surface area contributed by atoms with Gasteiger partial charge in [0.2, 0.25) is 0 Å². The second-order valence-electron chi connectivity index (χ2n) is 10.1. The van der Waals surface area contributed by atoms with Crippen LogP contribution in [-0.4, -0.2) is 91.4 Å². The number of carbonyl (C=O) groups excluding carboxylic acids is 1. The largest absolute Gasteiger partial charge is 0.489 e. The van der Waals surface area contributed by atoms with Crippen LogP contribution >= 0.6 is 0 Å². The SMILES string of the molecule is CC(O)C(=O)N1CCC(Oc2ccc(-c3c[nH]c4ncc(C=CCN5CCS(=O)CC5)cc34)cc2C#N)CC1. The third-order valence-electron chi connectivity index (χ3n) is 7.31. The number of aromatic amines is 1. The van der Waals surface area contributed by atoms with Gasteiger partial charge in [-0.15, -0.1) is 0 Å². The molecule has 2 N–H and O–H groups in total. The van der Waals surface area contributed by atoms with Crippen molar-refractivity contribution in [2.75, 3.05) is 44.2 Å². The Morgan fingerprint density at radius 3 is 2.77 bits per heavy atom. The van der Waals surface area contributed by atoms with Crippen LogP contribution in [0.2, 0.25) is 0 Å². The van der Waals surface area contributed by atoms with Gasteiger partial charge < -0.3 is 19.7 Å². The van der Waals surface area contributed by atoms with E-state index in [2.05, 4.69) is 39.2 Å². The lowest BCUT2D eigenvalue weighted by atomic mass is 10.0. The van der Waals surface area contributed by atoms with E-state index in [1.165, 1.54) is 6.92 Å². The number of aromatic nitrogens is 2. The van der Waals surface area contributed by atoms with E-state index in [0.717, 1.165) is 58.9 Å². The first kappa shape index (κ1) is 27.1. The minimum absolute atomic E-state index is 0.0975. The summed E-state index contributed by atoms with van der Waals surface area (Å²) in [6.45, 7) is 5.06. The summed E-state index contributed by atoms with van der Waals surface area (Å²) in [4.78, 5) is 23.8. The summed E-state index contributed by atoms with van der Waals surface area (Å²) in [5.74, 6) is 1.76. The van der Waals surface area contributed by atoms with Crippen LogP contribution in [0.4, 0.5) is 0 Å². The van der Waals surface area contributed by atoms with Crippen molar-refractivity contribution in [1.29, 1.82) is 5.26 Å². The summed E-state index contributed by atoms with van der Waals surface area (Å²) in [6, 6.07) is 9.99. The standard InChI is InChI=1S/C29H33N5O4S/c1-20(35)29(36)34-9-6-24(7-10-34)38-27-5-4-22(16-23(27)17-30)26-19-32-28-25(26)15-21(18-31-28)3-2-8-33-11-13-39(37)14-12-33/h2-5,15-16,18-20,24,35H,6-14H2,1H3,(H,31,32). The van der Waals surface area contributed by atoms with E-state index < -0.39 is 16.9 Å². The molecule has 2 saturated heterocycles. The van der Waals surface area contributed by atoms with Crippen LogP contribution in [0.1, 0.15) is 30.9 Å². The van der Waals surface area contributed by atoms with Crippen LogP contribution in [-0.2, 0) is 15.6 Å². The van der Waals surface area contributed by atoms with E-state index >= 15 is 0 Å². The number of H-pyrrole nitrogens is 1. The summed E-state index contributed by atoms with van der Waals surface area (Å²) in [6.07, 6.45) is 8.12. The fraction of sp³-hybridized carbons (Fsp3) is 0.414. The molecule has 3 aromatic rings. The molecule has 1 unspecified atom stereocenters. The molecular formula is C29H33N5O4S. The first-order chi connectivity index (χ1) is 18.9.